The van der Waals surface area contributed by atoms with Crippen LogP contribution in [0.3, 0.4) is 0 Å². The maximum atomic E-state index is 10.5. The smallest absolute Gasteiger partial charge is 0.139 e. The molecule has 0 fully saturated rings. The minimum absolute atomic E-state index is 0.198. The first kappa shape index (κ1) is 17.5. The third-order valence-corrected chi connectivity index (χ3v) is 5.68. The highest BCUT2D eigenvalue weighted by Crippen LogP contribution is 2.34. The molecule has 3 aromatic rings. The van der Waals surface area contributed by atoms with Crippen molar-refractivity contribution in [2.24, 2.45) is 0 Å². The molecule has 5 heteroatoms. The summed E-state index contributed by atoms with van der Waals surface area (Å²) < 4.78 is 0. The predicted octanol–water partition coefficient (Wildman–Crippen LogP) is 5.45. The number of nitrogens with zero attached hydrogens (tertiary/aromatic N) is 2. The number of rotatable bonds is 4. The number of aliphatic hydroxyl groups excluding tert-OH is 1. The Labute approximate surface area is 163 Å². The fraction of sp³-hybridized carbons (Fsp3) is 0.182. The van der Waals surface area contributed by atoms with Gasteiger partial charge >= 0.3 is 0 Å². The van der Waals surface area contributed by atoms with Crippen LogP contribution in [0.4, 0.5) is 5.69 Å². The van der Waals surface area contributed by atoms with Crippen molar-refractivity contribution in [2.45, 2.75) is 20.3 Å². The fourth-order valence-electron chi connectivity index (χ4n) is 3.18. The molecular formula is C22H21N3OS. The molecule has 4 rings (SSSR count). The lowest BCUT2D eigenvalue weighted by Gasteiger charge is -2.18. The van der Waals surface area contributed by atoms with Crippen LogP contribution in [0.25, 0.3) is 16.8 Å². The van der Waals surface area contributed by atoms with Crippen LogP contribution in [0.15, 0.2) is 59.7 Å². The summed E-state index contributed by atoms with van der Waals surface area (Å²) in [6, 6.07) is 16.3. The van der Waals surface area contributed by atoms with E-state index < -0.39 is 0 Å². The Morgan fingerprint density at radius 3 is 2.48 bits per heavy atom. The van der Waals surface area contributed by atoms with E-state index in [-0.39, 0.29) is 5.76 Å². The number of hydrogen-bond donors (Lipinski definition) is 2. The first-order chi connectivity index (χ1) is 13.1. The van der Waals surface area contributed by atoms with E-state index in [2.05, 4.69) is 43.1 Å². The van der Waals surface area contributed by atoms with Gasteiger partial charge in [0.05, 0.1) is 17.8 Å². The van der Waals surface area contributed by atoms with Crippen molar-refractivity contribution in [2.75, 3.05) is 11.4 Å². The largest absolute Gasteiger partial charge is 0.510 e. The van der Waals surface area contributed by atoms with Crippen LogP contribution in [-0.2, 0) is 6.42 Å². The molecule has 0 saturated carbocycles. The Bertz CT molecular complexity index is 1020. The third-order valence-electron chi connectivity index (χ3n) is 4.82. The third kappa shape index (κ3) is 3.26. The number of aromatic nitrogens is 1. The predicted molar refractivity (Wildman–Crippen MR) is 113 cm³/mol. The highest BCUT2D eigenvalue weighted by molar-refractivity contribution is 7.11. The maximum Gasteiger partial charge on any atom is 0.139 e. The standard InChI is InChI=1S/C22H21N3OS/c1-3-15-6-10-17(11-7-15)25-12-19(26)20(21(25)23)22-24-18(13-27-22)16-8-4-14(2)5-9-16/h4-11,13,23,26H,3,12H2,1-2H3. The Morgan fingerprint density at radius 2 is 1.81 bits per heavy atom. The molecule has 0 atom stereocenters. The highest BCUT2D eigenvalue weighted by Gasteiger charge is 2.31. The first-order valence-electron chi connectivity index (χ1n) is 8.97. The van der Waals surface area contributed by atoms with Gasteiger partial charge in [0.2, 0.25) is 0 Å². The Balaban J connectivity index is 1.61. The van der Waals surface area contributed by atoms with Crippen molar-refractivity contribution < 1.29 is 5.11 Å². The Hall–Kier alpha value is -2.92. The van der Waals surface area contributed by atoms with Gasteiger partial charge in [0.15, 0.2) is 0 Å². The molecule has 0 unspecified atom stereocenters. The first-order valence-corrected chi connectivity index (χ1v) is 9.85. The van der Waals surface area contributed by atoms with Gasteiger partial charge in [-0.3, -0.25) is 5.41 Å². The second-order valence-corrected chi connectivity index (χ2v) is 7.54. The van der Waals surface area contributed by atoms with Gasteiger partial charge in [0.1, 0.15) is 16.6 Å². The van der Waals surface area contributed by atoms with Gasteiger partial charge in [-0.25, -0.2) is 4.98 Å². The molecule has 0 spiro atoms. The Kier molecular flexibility index (Phi) is 4.54. The second kappa shape index (κ2) is 7.00. The summed E-state index contributed by atoms with van der Waals surface area (Å²) >= 11 is 1.46. The zero-order valence-corrected chi connectivity index (χ0v) is 16.2. The average molecular weight is 375 g/mol. The number of aliphatic hydroxyl groups is 1. The topological polar surface area (TPSA) is 60.2 Å². The molecule has 2 N–H and O–H groups in total. The molecule has 0 radical (unpaired) electrons. The van der Waals surface area contributed by atoms with Crippen LogP contribution in [-0.4, -0.2) is 22.5 Å². The lowest BCUT2D eigenvalue weighted by molar-refractivity contribution is 0.411. The summed E-state index contributed by atoms with van der Waals surface area (Å²) in [5.41, 5.74) is 5.81. The monoisotopic (exact) mass is 375 g/mol. The minimum atomic E-state index is 0.198. The maximum absolute atomic E-state index is 10.5. The number of aryl methyl sites for hydroxylation is 2. The molecule has 1 aliphatic heterocycles. The molecule has 0 aliphatic carbocycles. The van der Waals surface area contributed by atoms with E-state index >= 15 is 0 Å². The van der Waals surface area contributed by atoms with Crippen molar-refractivity contribution >= 4 is 28.4 Å². The molecular weight excluding hydrogens is 354 g/mol. The number of nitrogens with one attached hydrogen (secondary N) is 1. The van der Waals surface area contributed by atoms with Crippen LogP contribution in [0, 0.1) is 12.3 Å². The van der Waals surface area contributed by atoms with Gasteiger partial charge in [-0.15, -0.1) is 11.3 Å². The van der Waals surface area contributed by atoms with E-state index in [0.717, 1.165) is 23.4 Å². The van der Waals surface area contributed by atoms with E-state index in [1.165, 1.54) is 22.5 Å². The van der Waals surface area contributed by atoms with Crippen LogP contribution in [0.1, 0.15) is 23.1 Å². The average Bonchev–Trinajstić information content (AvgIpc) is 3.27. The van der Waals surface area contributed by atoms with Gasteiger partial charge in [-0.1, -0.05) is 48.9 Å². The van der Waals surface area contributed by atoms with Crippen LogP contribution >= 0.6 is 11.3 Å². The number of benzene rings is 2. The zero-order valence-electron chi connectivity index (χ0n) is 15.4. The van der Waals surface area contributed by atoms with E-state index in [9.17, 15) is 5.11 Å². The molecule has 2 heterocycles. The van der Waals surface area contributed by atoms with Crippen molar-refractivity contribution in [3.8, 4) is 11.3 Å². The van der Waals surface area contributed by atoms with Gasteiger partial charge in [-0.2, -0.15) is 0 Å². The molecule has 0 saturated heterocycles. The summed E-state index contributed by atoms with van der Waals surface area (Å²) in [5.74, 6) is 0.492. The van der Waals surface area contributed by atoms with Crippen molar-refractivity contribution in [3.05, 3.63) is 75.8 Å². The van der Waals surface area contributed by atoms with Gasteiger partial charge in [0, 0.05) is 16.6 Å². The SMILES string of the molecule is CCc1ccc(N2CC(O)=C(c3nc(-c4ccc(C)cc4)cs3)C2=N)cc1. The summed E-state index contributed by atoms with van der Waals surface area (Å²) in [6.07, 6.45) is 0.980. The summed E-state index contributed by atoms with van der Waals surface area (Å²) in [5, 5.41) is 21.8. The van der Waals surface area contributed by atoms with Gasteiger partial charge in [0.25, 0.3) is 0 Å². The summed E-state index contributed by atoms with van der Waals surface area (Å²) in [6.45, 7) is 4.48. The summed E-state index contributed by atoms with van der Waals surface area (Å²) in [4.78, 5) is 6.50. The van der Waals surface area contributed by atoms with Gasteiger partial charge in [-0.05, 0) is 31.0 Å². The molecule has 0 amide bonds. The molecule has 1 aromatic heterocycles. The van der Waals surface area contributed by atoms with Gasteiger partial charge < -0.3 is 10.0 Å². The molecule has 27 heavy (non-hydrogen) atoms. The molecule has 4 nitrogen and oxygen atoms in total. The minimum Gasteiger partial charge on any atom is -0.510 e. The number of anilines is 1. The van der Waals surface area contributed by atoms with E-state index in [1.807, 2.05) is 34.5 Å². The number of hydrogen-bond acceptors (Lipinski definition) is 4. The van der Waals surface area contributed by atoms with E-state index in [0.29, 0.717) is 23.0 Å². The lowest BCUT2D eigenvalue weighted by Crippen LogP contribution is -2.25. The molecule has 136 valence electrons. The van der Waals surface area contributed by atoms with E-state index in [4.69, 9.17) is 5.41 Å². The normalized spacial score (nSPS) is 14.3. The molecule has 2 aromatic carbocycles. The Morgan fingerprint density at radius 1 is 1.11 bits per heavy atom. The van der Waals surface area contributed by atoms with E-state index in [1.54, 1.807) is 0 Å². The second-order valence-electron chi connectivity index (χ2n) is 6.68. The zero-order chi connectivity index (χ0) is 19.0. The highest BCUT2D eigenvalue weighted by atomic mass is 32.1. The van der Waals surface area contributed by atoms with Crippen LogP contribution < -0.4 is 4.90 Å². The summed E-state index contributed by atoms with van der Waals surface area (Å²) in [7, 11) is 0. The van der Waals surface area contributed by atoms with Crippen molar-refractivity contribution in [1.29, 1.82) is 5.41 Å². The van der Waals surface area contributed by atoms with Crippen LogP contribution in [0.2, 0.25) is 0 Å². The lowest BCUT2D eigenvalue weighted by atomic mass is 10.1. The number of thiazole rings is 1. The quantitative estimate of drug-likeness (QED) is 0.638. The van der Waals surface area contributed by atoms with Crippen LogP contribution in [0.5, 0.6) is 0 Å². The molecule has 1 aliphatic rings. The fourth-order valence-corrected chi connectivity index (χ4v) is 4.08. The number of amidine groups is 1. The van der Waals surface area contributed by atoms with Crippen molar-refractivity contribution in [1.82, 2.24) is 4.98 Å². The molecule has 0 bridgehead atoms. The van der Waals surface area contributed by atoms with Crippen molar-refractivity contribution in [3.63, 3.8) is 0 Å².